The Hall–Kier alpha value is -4.72. The van der Waals surface area contributed by atoms with E-state index in [0.717, 1.165) is 10.5 Å². The van der Waals surface area contributed by atoms with E-state index >= 15 is 0 Å². The van der Waals surface area contributed by atoms with Crippen LogP contribution in [0.5, 0.6) is 0 Å². The Balaban J connectivity index is 1.29. The molecule has 7 nitrogen and oxygen atoms in total. The van der Waals surface area contributed by atoms with Crippen LogP contribution in [0.2, 0.25) is 5.02 Å². The van der Waals surface area contributed by atoms with Gasteiger partial charge < -0.3 is 10.6 Å². The van der Waals surface area contributed by atoms with Crippen molar-refractivity contribution >= 4 is 58.1 Å². The first-order chi connectivity index (χ1) is 19.3. The first kappa shape index (κ1) is 26.9. The third kappa shape index (κ3) is 5.66. The summed E-state index contributed by atoms with van der Waals surface area (Å²) in [6.45, 7) is 0.0957. The first-order valence-electron chi connectivity index (χ1n) is 12.2. The zero-order chi connectivity index (χ0) is 28.2. The molecule has 3 amide bonds. The molecule has 4 aromatic rings. The maximum Gasteiger partial charge on any atom is 0.279 e. The largest absolute Gasteiger partial charge is 0.350 e. The van der Waals surface area contributed by atoms with E-state index in [-0.39, 0.29) is 28.6 Å². The lowest BCUT2D eigenvalue weighted by molar-refractivity contribution is -0.138. The number of nitrogens with zero attached hydrogens (tertiary/aromatic N) is 1. The lowest BCUT2D eigenvalue weighted by Crippen LogP contribution is -2.31. The Morgan fingerprint density at radius 2 is 1.38 bits per heavy atom. The van der Waals surface area contributed by atoms with Gasteiger partial charge in [-0.15, -0.1) is 0 Å². The number of ketones is 1. The summed E-state index contributed by atoms with van der Waals surface area (Å²) < 4.78 is 0. The van der Waals surface area contributed by atoms with Gasteiger partial charge in [-0.3, -0.25) is 24.1 Å². The average molecular weight is 570 g/mol. The zero-order valence-corrected chi connectivity index (χ0v) is 22.4. The molecule has 0 bridgehead atoms. The molecule has 0 unspecified atom stereocenters. The number of rotatable bonds is 8. The second kappa shape index (κ2) is 11.6. The van der Waals surface area contributed by atoms with Crippen molar-refractivity contribution in [3.05, 3.63) is 141 Å². The summed E-state index contributed by atoms with van der Waals surface area (Å²) in [6.07, 6.45) is 0. The third-order valence-corrected chi connectivity index (χ3v) is 6.81. The predicted octanol–water partition coefficient (Wildman–Crippen LogP) is 6.25. The normalized spacial score (nSPS) is 13.0. The summed E-state index contributed by atoms with van der Waals surface area (Å²) >= 11 is 12.3. The van der Waals surface area contributed by atoms with Crippen LogP contribution in [0, 0.1) is 0 Å². The standard InChI is InChI=1S/C31H21Cl2N3O4/c32-22-13-16-25(24(17-22)28(37)20-9-5-2-6-10-20)35-29(38)21-11-14-23(15-12-21)34-27-26(33)30(39)36(31(27)40)18-19-7-3-1-4-8-19/h1-17,34H,18H2,(H,35,38). The van der Waals surface area contributed by atoms with E-state index in [1.165, 1.54) is 6.07 Å². The quantitative estimate of drug-likeness (QED) is 0.193. The van der Waals surface area contributed by atoms with Gasteiger partial charge in [0.15, 0.2) is 5.78 Å². The van der Waals surface area contributed by atoms with Crippen LogP contribution in [0.15, 0.2) is 114 Å². The van der Waals surface area contributed by atoms with Crippen LogP contribution in [0.1, 0.15) is 31.8 Å². The average Bonchev–Trinajstić information content (AvgIpc) is 3.17. The van der Waals surface area contributed by atoms with Gasteiger partial charge in [0.2, 0.25) is 0 Å². The van der Waals surface area contributed by atoms with Crippen LogP contribution < -0.4 is 10.6 Å². The molecular weight excluding hydrogens is 549 g/mol. The Kier molecular flexibility index (Phi) is 7.77. The number of hydrogen-bond donors (Lipinski definition) is 2. The van der Waals surface area contributed by atoms with Gasteiger partial charge in [0, 0.05) is 27.4 Å². The Morgan fingerprint density at radius 3 is 2.05 bits per heavy atom. The van der Waals surface area contributed by atoms with Gasteiger partial charge >= 0.3 is 0 Å². The molecular formula is C31H21Cl2N3O4. The summed E-state index contributed by atoms with van der Waals surface area (Å²) in [4.78, 5) is 52.7. The number of anilines is 2. The van der Waals surface area contributed by atoms with Crippen LogP contribution in [-0.4, -0.2) is 28.4 Å². The van der Waals surface area contributed by atoms with Crippen molar-refractivity contribution in [3.8, 4) is 0 Å². The lowest BCUT2D eigenvalue weighted by atomic mass is 10.0. The minimum atomic E-state index is -0.585. The first-order valence-corrected chi connectivity index (χ1v) is 12.9. The lowest BCUT2D eigenvalue weighted by Gasteiger charge is -2.15. The zero-order valence-electron chi connectivity index (χ0n) is 20.9. The number of hydrogen-bond acceptors (Lipinski definition) is 5. The van der Waals surface area contributed by atoms with E-state index in [2.05, 4.69) is 10.6 Å². The molecule has 0 atom stereocenters. The molecule has 0 spiro atoms. The predicted molar refractivity (Wildman–Crippen MR) is 154 cm³/mol. The number of carbonyl (C=O) groups excluding carboxylic acids is 4. The van der Waals surface area contributed by atoms with Crippen LogP contribution in [0.25, 0.3) is 0 Å². The maximum atomic E-state index is 13.1. The van der Waals surface area contributed by atoms with Crippen molar-refractivity contribution in [2.75, 3.05) is 10.6 Å². The summed E-state index contributed by atoms with van der Waals surface area (Å²) in [5.74, 6) is -1.86. The monoisotopic (exact) mass is 569 g/mol. The molecule has 9 heteroatoms. The SMILES string of the molecule is O=C(Nc1ccc(Cl)cc1C(=O)c1ccccc1)c1ccc(NC2=C(Cl)C(=O)N(Cc3ccccc3)C2=O)cc1. The number of imide groups is 1. The minimum Gasteiger partial charge on any atom is -0.350 e. The molecule has 1 aliphatic rings. The summed E-state index contributed by atoms with van der Waals surface area (Å²) in [7, 11) is 0. The summed E-state index contributed by atoms with van der Waals surface area (Å²) in [6, 6.07) is 28.7. The molecule has 0 radical (unpaired) electrons. The van der Waals surface area contributed by atoms with Crippen molar-refractivity contribution in [2.24, 2.45) is 0 Å². The molecule has 0 saturated heterocycles. The van der Waals surface area contributed by atoms with Gasteiger partial charge in [0.05, 0.1) is 12.2 Å². The number of nitrogens with one attached hydrogen (secondary N) is 2. The molecule has 1 heterocycles. The Labute approximate surface area is 240 Å². The van der Waals surface area contributed by atoms with Crippen molar-refractivity contribution < 1.29 is 19.2 Å². The topological polar surface area (TPSA) is 95.6 Å². The molecule has 0 fully saturated rings. The van der Waals surface area contributed by atoms with Crippen molar-refractivity contribution in [2.45, 2.75) is 6.54 Å². The van der Waals surface area contributed by atoms with Crippen LogP contribution in [0.4, 0.5) is 11.4 Å². The third-order valence-electron chi connectivity index (χ3n) is 6.22. The van der Waals surface area contributed by atoms with Gasteiger partial charge in [0.25, 0.3) is 17.7 Å². The summed E-state index contributed by atoms with van der Waals surface area (Å²) in [5, 5.41) is 5.82. The van der Waals surface area contributed by atoms with E-state index < -0.39 is 17.7 Å². The second-order valence-electron chi connectivity index (χ2n) is 8.91. The van der Waals surface area contributed by atoms with Gasteiger partial charge in [-0.1, -0.05) is 83.9 Å². The second-order valence-corrected chi connectivity index (χ2v) is 9.73. The number of benzene rings is 4. The molecule has 0 aromatic heterocycles. The van der Waals surface area contributed by atoms with E-state index in [1.54, 1.807) is 60.7 Å². The molecule has 5 rings (SSSR count). The van der Waals surface area contributed by atoms with Crippen molar-refractivity contribution in [3.63, 3.8) is 0 Å². The molecule has 0 aliphatic carbocycles. The van der Waals surface area contributed by atoms with E-state index in [0.29, 0.717) is 27.5 Å². The molecule has 4 aromatic carbocycles. The smallest absolute Gasteiger partial charge is 0.279 e. The van der Waals surface area contributed by atoms with Gasteiger partial charge in [-0.25, -0.2) is 0 Å². The minimum absolute atomic E-state index is 0.0370. The highest BCUT2D eigenvalue weighted by atomic mass is 35.5. The van der Waals surface area contributed by atoms with Crippen LogP contribution in [-0.2, 0) is 16.1 Å². The van der Waals surface area contributed by atoms with Crippen molar-refractivity contribution in [1.29, 1.82) is 0 Å². The van der Waals surface area contributed by atoms with Gasteiger partial charge in [0.1, 0.15) is 10.7 Å². The Bertz CT molecular complexity index is 1650. The maximum absolute atomic E-state index is 13.1. The molecule has 198 valence electrons. The van der Waals surface area contributed by atoms with Crippen LogP contribution in [0.3, 0.4) is 0 Å². The Morgan fingerprint density at radius 1 is 0.725 bits per heavy atom. The molecule has 0 saturated carbocycles. The highest BCUT2D eigenvalue weighted by Crippen LogP contribution is 2.28. The van der Waals surface area contributed by atoms with Crippen LogP contribution >= 0.6 is 23.2 Å². The fraction of sp³-hybridized carbons (Fsp3) is 0.0323. The molecule has 2 N–H and O–H groups in total. The summed E-state index contributed by atoms with van der Waals surface area (Å²) in [5.41, 5.74) is 2.56. The van der Waals surface area contributed by atoms with Gasteiger partial charge in [-0.2, -0.15) is 0 Å². The number of amides is 3. The van der Waals surface area contributed by atoms with E-state index in [4.69, 9.17) is 23.2 Å². The van der Waals surface area contributed by atoms with E-state index in [9.17, 15) is 19.2 Å². The fourth-order valence-corrected chi connectivity index (χ4v) is 4.57. The fourth-order valence-electron chi connectivity index (χ4n) is 4.17. The van der Waals surface area contributed by atoms with Gasteiger partial charge in [-0.05, 0) is 48.0 Å². The highest BCUT2D eigenvalue weighted by molar-refractivity contribution is 6.48. The highest BCUT2D eigenvalue weighted by Gasteiger charge is 2.37. The van der Waals surface area contributed by atoms with E-state index in [1.807, 2.05) is 36.4 Å². The number of carbonyl (C=O) groups is 4. The number of halogens is 2. The van der Waals surface area contributed by atoms with Crippen molar-refractivity contribution in [1.82, 2.24) is 4.90 Å². The molecule has 1 aliphatic heterocycles. The molecule has 40 heavy (non-hydrogen) atoms.